The molecule has 2 aromatic carbocycles. The van der Waals surface area contributed by atoms with Crippen molar-refractivity contribution < 1.29 is 17.9 Å². The molecule has 0 radical (unpaired) electrons. The molecule has 8 heteroatoms. The van der Waals surface area contributed by atoms with E-state index in [1.165, 1.54) is 12.1 Å². The summed E-state index contributed by atoms with van der Waals surface area (Å²) in [5.41, 5.74) is 3.59. The van der Waals surface area contributed by atoms with Gasteiger partial charge in [-0.15, -0.1) is 0 Å². The Morgan fingerprint density at radius 3 is 2.45 bits per heavy atom. The second kappa shape index (κ2) is 7.71. The third-order valence-electron chi connectivity index (χ3n) is 4.59. The first-order chi connectivity index (χ1) is 13.9. The number of fused-ring (bicyclic) bond motifs is 4. The normalized spacial score (nSPS) is 15.5. The van der Waals surface area contributed by atoms with E-state index in [0.717, 1.165) is 16.7 Å². The van der Waals surface area contributed by atoms with Crippen LogP contribution >= 0.6 is 0 Å². The highest BCUT2D eigenvalue weighted by Crippen LogP contribution is 2.29. The highest BCUT2D eigenvalue weighted by molar-refractivity contribution is 7.92. The molecule has 0 atom stereocenters. The second-order valence-electron chi connectivity index (χ2n) is 6.81. The van der Waals surface area contributed by atoms with E-state index in [9.17, 15) is 8.42 Å². The minimum atomic E-state index is -3.89. The summed E-state index contributed by atoms with van der Waals surface area (Å²) in [5.74, 6) is 0.753. The van der Waals surface area contributed by atoms with Gasteiger partial charge >= 0.3 is 0 Å². The van der Waals surface area contributed by atoms with Crippen molar-refractivity contribution in [3.8, 4) is 22.9 Å². The van der Waals surface area contributed by atoms with Crippen LogP contribution in [0.2, 0.25) is 0 Å². The van der Waals surface area contributed by atoms with E-state index >= 15 is 0 Å². The first-order valence-electron chi connectivity index (χ1n) is 9.26. The van der Waals surface area contributed by atoms with Gasteiger partial charge in [0.1, 0.15) is 5.75 Å². The van der Waals surface area contributed by atoms with Crippen LogP contribution in [0.5, 0.6) is 11.6 Å². The van der Waals surface area contributed by atoms with Gasteiger partial charge in [0.25, 0.3) is 10.0 Å². The van der Waals surface area contributed by atoms with Crippen LogP contribution in [0.4, 0.5) is 5.95 Å². The highest BCUT2D eigenvalue weighted by atomic mass is 32.2. The van der Waals surface area contributed by atoms with Crippen LogP contribution in [0.3, 0.4) is 0 Å². The summed E-state index contributed by atoms with van der Waals surface area (Å²) in [6, 6.07) is 14.0. The minimum Gasteiger partial charge on any atom is -0.493 e. The fourth-order valence-electron chi connectivity index (χ4n) is 3.23. The molecule has 1 N–H and O–H groups in total. The molecule has 0 saturated carbocycles. The first-order valence-corrected chi connectivity index (χ1v) is 10.7. The van der Waals surface area contributed by atoms with Gasteiger partial charge in [-0.1, -0.05) is 24.3 Å². The SMILES string of the molecule is Cc1cccc(C)c1-c1cc2nc(n1)NS(=O)(=O)c1cccc(c1)OCCCO2. The van der Waals surface area contributed by atoms with E-state index in [4.69, 9.17) is 9.47 Å². The standard InChI is InChI=1S/C21H21N3O4S/c1-14-6-3-7-15(2)20(14)18-13-19-23-21(22-18)24-29(25,26)17-9-4-8-16(12-17)27-10-5-11-28-19/h3-4,6-9,12-13H,5,10-11H2,1-2H3,(H,22,23,24). The molecular weight excluding hydrogens is 390 g/mol. The Hall–Kier alpha value is -3.13. The number of hydrogen-bond donors (Lipinski definition) is 1. The average molecular weight is 411 g/mol. The smallest absolute Gasteiger partial charge is 0.264 e. The molecule has 1 aliphatic rings. The van der Waals surface area contributed by atoms with Gasteiger partial charge in [-0.05, 0) is 37.1 Å². The van der Waals surface area contributed by atoms with E-state index in [1.807, 2.05) is 32.0 Å². The summed E-state index contributed by atoms with van der Waals surface area (Å²) in [6.45, 7) is 4.76. The van der Waals surface area contributed by atoms with Gasteiger partial charge in [0.05, 0.1) is 23.8 Å². The van der Waals surface area contributed by atoms with E-state index in [1.54, 1.807) is 18.2 Å². The maximum Gasteiger partial charge on any atom is 0.264 e. The van der Waals surface area contributed by atoms with Gasteiger partial charge in [0.2, 0.25) is 11.8 Å². The molecular formula is C21H21N3O4S. The van der Waals surface area contributed by atoms with Crippen molar-refractivity contribution in [2.24, 2.45) is 0 Å². The van der Waals surface area contributed by atoms with Gasteiger partial charge < -0.3 is 9.47 Å². The number of aromatic nitrogens is 2. The number of aryl methyl sites for hydroxylation is 2. The summed E-state index contributed by atoms with van der Waals surface area (Å²) in [6.07, 6.45) is 0.627. The fourth-order valence-corrected chi connectivity index (χ4v) is 4.21. The number of nitrogens with zero attached hydrogens (tertiary/aromatic N) is 2. The number of anilines is 1. The Bertz CT molecular complexity index is 1140. The molecule has 0 aliphatic carbocycles. The van der Waals surface area contributed by atoms with E-state index in [2.05, 4.69) is 14.7 Å². The Kier molecular flexibility index (Phi) is 5.10. The third-order valence-corrected chi connectivity index (χ3v) is 5.91. The summed E-state index contributed by atoms with van der Waals surface area (Å²) >= 11 is 0. The van der Waals surface area contributed by atoms with E-state index < -0.39 is 10.0 Å². The molecule has 29 heavy (non-hydrogen) atoms. The van der Waals surface area contributed by atoms with Crippen molar-refractivity contribution in [3.63, 3.8) is 0 Å². The third kappa shape index (κ3) is 4.17. The van der Waals surface area contributed by atoms with Gasteiger partial charge in [0, 0.05) is 24.1 Å². The molecule has 2 heterocycles. The largest absolute Gasteiger partial charge is 0.493 e. The molecule has 3 aromatic rings. The number of ether oxygens (including phenoxy) is 2. The molecule has 7 nitrogen and oxygen atoms in total. The van der Waals surface area contributed by atoms with Crippen molar-refractivity contribution in [1.29, 1.82) is 0 Å². The van der Waals surface area contributed by atoms with Gasteiger partial charge in [-0.2, -0.15) is 4.98 Å². The Labute approximate surface area is 169 Å². The molecule has 4 rings (SSSR count). The lowest BCUT2D eigenvalue weighted by Gasteiger charge is -2.13. The predicted molar refractivity (Wildman–Crippen MR) is 110 cm³/mol. The van der Waals surface area contributed by atoms with Crippen LogP contribution in [-0.2, 0) is 10.0 Å². The molecule has 4 bridgehead atoms. The van der Waals surface area contributed by atoms with E-state index in [0.29, 0.717) is 37.0 Å². The lowest BCUT2D eigenvalue weighted by molar-refractivity contribution is 0.242. The Morgan fingerprint density at radius 1 is 0.931 bits per heavy atom. The van der Waals surface area contributed by atoms with Crippen molar-refractivity contribution in [2.45, 2.75) is 25.2 Å². The zero-order chi connectivity index (χ0) is 20.4. The number of benzene rings is 2. The topological polar surface area (TPSA) is 90.4 Å². The van der Waals surface area contributed by atoms with Crippen LogP contribution in [0.1, 0.15) is 17.5 Å². The molecule has 1 aliphatic heterocycles. The number of sulfonamides is 1. The maximum absolute atomic E-state index is 12.9. The number of rotatable bonds is 1. The minimum absolute atomic E-state index is 0.0364. The fraction of sp³-hybridized carbons (Fsp3) is 0.238. The van der Waals surface area contributed by atoms with Crippen LogP contribution < -0.4 is 14.2 Å². The summed E-state index contributed by atoms with van der Waals surface area (Å²) in [5, 5.41) is 0. The van der Waals surface area contributed by atoms with Crippen molar-refractivity contribution >= 4 is 16.0 Å². The molecule has 0 amide bonds. The monoisotopic (exact) mass is 411 g/mol. The number of hydrogen-bond acceptors (Lipinski definition) is 6. The lowest BCUT2D eigenvalue weighted by atomic mass is 10.00. The van der Waals surface area contributed by atoms with E-state index in [-0.39, 0.29) is 10.8 Å². The molecule has 0 spiro atoms. The molecule has 0 saturated heterocycles. The van der Waals surface area contributed by atoms with Crippen molar-refractivity contribution in [1.82, 2.24) is 9.97 Å². The van der Waals surface area contributed by atoms with Gasteiger partial charge in [-0.3, -0.25) is 0 Å². The van der Waals surface area contributed by atoms with Crippen molar-refractivity contribution in [3.05, 3.63) is 59.7 Å². The Balaban J connectivity index is 1.83. The lowest BCUT2D eigenvalue weighted by Crippen LogP contribution is -2.15. The van der Waals surface area contributed by atoms with Gasteiger partial charge in [-0.25, -0.2) is 18.1 Å². The molecule has 150 valence electrons. The molecule has 0 unspecified atom stereocenters. The summed E-state index contributed by atoms with van der Waals surface area (Å²) < 4.78 is 39.6. The van der Waals surface area contributed by atoms with Crippen LogP contribution in [0.25, 0.3) is 11.3 Å². The second-order valence-corrected chi connectivity index (χ2v) is 8.50. The number of nitrogens with one attached hydrogen (secondary N) is 1. The van der Waals surface area contributed by atoms with Crippen LogP contribution in [0, 0.1) is 13.8 Å². The first kappa shape index (κ1) is 19.2. The predicted octanol–water partition coefficient (Wildman–Crippen LogP) is 3.72. The Morgan fingerprint density at radius 2 is 1.66 bits per heavy atom. The molecule has 0 fully saturated rings. The van der Waals surface area contributed by atoms with Crippen LogP contribution in [-0.4, -0.2) is 31.6 Å². The highest BCUT2D eigenvalue weighted by Gasteiger charge is 2.19. The van der Waals surface area contributed by atoms with Crippen molar-refractivity contribution in [2.75, 3.05) is 17.9 Å². The molecule has 1 aromatic heterocycles. The quantitative estimate of drug-likeness (QED) is 0.656. The summed E-state index contributed by atoms with van der Waals surface area (Å²) in [7, 11) is -3.89. The average Bonchev–Trinajstić information content (AvgIpc) is 2.67. The van der Waals surface area contributed by atoms with Crippen LogP contribution in [0.15, 0.2) is 53.4 Å². The zero-order valence-electron chi connectivity index (χ0n) is 16.2. The maximum atomic E-state index is 12.9. The zero-order valence-corrected chi connectivity index (χ0v) is 17.0. The van der Waals surface area contributed by atoms with Gasteiger partial charge in [0.15, 0.2) is 0 Å². The summed E-state index contributed by atoms with van der Waals surface area (Å²) in [4.78, 5) is 8.80.